The second kappa shape index (κ2) is 4.00. The molecule has 3 heterocycles. The summed E-state index contributed by atoms with van der Waals surface area (Å²) in [5.74, 6) is 0. The van der Waals surface area contributed by atoms with Gasteiger partial charge in [0.05, 0.1) is 16.5 Å². The first-order chi connectivity index (χ1) is 10.3. The number of rotatable bonds is 2. The van der Waals surface area contributed by atoms with Gasteiger partial charge in [-0.1, -0.05) is 16.8 Å². The number of aromatic nitrogens is 8. The van der Waals surface area contributed by atoms with Crippen molar-refractivity contribution in [2.75, 3.05) is 0 Å². The summed E-state index contributed by atoms with van der Waals surface area (Å²) in [6.45, 7) is 0. The van der Waals surface area contributed by atoms with E-state index in [-0.39, 0.29) is 5.69 Å². The van der Waals surface area contributed by atoms with E-state index < -0.39 is 4.92 Å². The number of hydrogen-bond acceptors (Lipinski definition) is 8. The molecule has 102 valence electrons. The van der Waals surface area contributed by atoms with Gasteiger partial charge in [0.1, 0.15) is 5.69 Å². The molecule has 11 nitrogen and oxygen atoms in total. The van der Waals surface area contributed by atoms with E-state index in [2.05, 4.69) is 30.9 Å². The van der Waals surface area contributed by atoms with Crippen molar-refractivity contribution < 1.29 is 4.92 Å². The van der Waals surface area contributed by atoms with Gasteiger partial charge in [0.2, 0.25) is 5.65 Å². The molecule has 0 fully saturated rings. The van der Waals surface area contributed by atoms with Crippen LogP contribution in [0.25, 0.3) is 22.4 Å². The minimum Gasteiger partial charge on any atom is -0.258 e. The average molecular weight is 283 g/mol. The van der Waals surface area contributed by atoms with Crippen LogP contribution >= 0.6 is 0 Å². The fourth-order valence-electron chi connectivity index (χ4n) is 2.06. The second-order valence-corrected chi connectivity index (χ2v) is 4.12. The van der Waals surface area contributed by atoms with Crippen LogP contribution in [0.15, 0.2) is 30.5 Å². The van der Waals surface area contributed by atoms with Crippen LogP contribution in [0.1, 0.15) is 0 Å². The molecule has 1 aromatic carbocycles. The summed E-state index contributed by atoms with van der Waals surface area (Å²) in [4.78, 5) is 10.6. The Hall–Kier alpha value is -3.50. The van der Waals surface area contributed by atoms with Gasteiger partial charge in [-0.25, -0.2) is 4.68 Å². The molecular formula is C10H5N9O2. The van der Waals surface area contributed by atoms with Crippen LogP contribution in [0.2, 0.25) is 0 Å². The SMILES string of the molecule is O=[N+]([O-])c1ccccc1-n1ncc2c1nnn1nnnc21. The van der Waals surface area contributed by atoms with E-state index in [9.17, 15) is 10.1 Å². The maximum absolute atomic E-state index is 11.1. The highest BCUT2D eigenvalue weighted by atomic mass is 16.6. The van der Waals surface area contributed by atoms with Gasteiger partial charge in [-0.05, 0) is 21.7 Å². The standard InChI is InChI=1S/C10H5N9O2/c20-19(21)8-4-2-1-3-7(8)17-9-6(5-11-17)10-12-14-16-18(10)15-13-9/h1-5H. The van der Waals surface area contributed by atoms with Crippen LogP contribution in [-0.2, 0) is 0 Å². The molecule has 0 aliphatic heterocycles. The second-order valence-electron chi connectivity index (χ2n) is 4.12. The third-order valence-corrected chi connectivity index (χ3v) is 2.97. The first-order valence-electron chi connectivity index (χ1n) is 5.78. The molecule has 0 saturated heterocycles. The van der Waals surface area contributed by atoms with Gasteiger partial charge in [-0.3, -0.25) is 10.1 Å². The lowest BCUT2D eigenvalue weighted by molar-refractivity contribution is -0.384. The Labute approximate surface area is 114 Å². The molecule has 0 atom stereocenters. The van der Waals surface area contributed by atoms with Gasteiger partial charge >= 0.3 is 0 Å². The number of fused-ring (bicyclic) bond motifs is 3. The molecular weight excluding hydrogens is 278 g/mol. The van der Waals surface area contributed by atoms with Gasteiger partial charge in [0.15, 0.2) is 5.65 Å². The Kier molecular flexibility index (Phi) is 2.16. The third-order valence-electron chi connectivity index (χ3n) is 2.97. The molecule has 0 amide bonds. The van der Waals surface area contributed by atoms with Crippen molar-refractivity contribution in [2.45, 2.75) is 0 Å². The topological polar surface area (TPSA) is 130 Å². The van der Waals surface area contributed by atoms with Gasteiger partial charge in [-0.2, -0.15) is 5.10 Å². The highest BCUT2D eigenvalue weighted by Gasteiger charge is 2.19. The van der Waals surface area contributed by atoms with E-state index in [4.69, 9.17) is 0 Å². The van der Waals surface area contributed by atoms with Gasteiger partial charge in [-0.15, -0.1) is 10.2 Å². The lowest BCUT2D eigenvalue weighted by Gasteiger charge is -2.02. The predicted molar refractivity (Wildman–Crippen MR) is 67.7 cm³/mol. The Morgan fingerprint density at radius 3 is 2.81 bits per heavy atom. The molecule has 0 aliphatic rings. The van der Waals surface area contributed by atoms with E-state index in [1.807, 2.05) is 0 Å². The lowest BCUT2D eigenvalue weighted by atomic mass is 10.2. The van der Waals surface area contributed by atoms with Crippen molar-refractivity contribution in [3.8, 4) is 5.69 Å². The number of hydrogen-bond donors (Lipinski definition) is 0. The molecule has 11 heteroatoms. The smallest absolute Gasteiger partial charge is 0.258 e. The highest BCUT2D eigenvalue weighted by Crippen LogP contribution is 2.25. The fraction of sp³-hybridized carbons (Fsp3) is 0. The number of para-hydroxylation sites is 2. The van der Waals surface area contributed by atoms with Gasteiger partial charge in [0, 0.05) is 6.07 Å². The third kappa shape index (κ3) is 1.54. The molecule has 0 aliphatic carbocycles. The Morgan fingerprint density at radius 1 is 1.10 bits per heavy atom. The van der Waals surface area contributed by atoms with Gasteiger partial charge < -0.3 is 0 Å². The number of nitro benzene ring substituents is 1. The largest absolute Gasteiger partial charge is 0.294 e. The zero-order chi connectivity index (χ0) is 14.4. The van der Waals surface area contributed by atoms with Crippen LogP contribution in [0.4, 0.5) is 5.69 Å². The first kappa shape index (κ1) is 11.3. The molecule has 21 heavy (non-hydrogen) atoms. The van der Waals surface area contributed by atoms with Crippen LogP contribution in [-0.4, -0.2) is 45.2 Å². The molecule has 0 spiro atoms. The molecule has 4 aromatic rings. The summed E-state index contributed by atoms with van der Waals surface area (Å²) in [5, 5.41) is 34.5. The molecule has 0 N–H and O–H groups in total. The Bertz CT molecular complexity index is 988. The molecule has 0 unspecified atom stereocenters. The van der Waals surface area contributed by atoms with E-state index in [1.165, 1.54) is 16.9 Å². The van der Waals surface area contributed by atoms with Crippen molar-refractivity contribution in [2.24, 2.45) is 0 Å². The van der Waals surface area contributed by atoms with Crippen molar-refractivity contribution in [1.82, 2.24) is 40.2 Å². The Morgan fingerprint density at radius 2 is 1.95 bits per heavy atom. The van der Waals surface area contributed by atoms with Crippen molar-refractivity contribution in [3.63, 3.8) is 0 Å². The summed E-state index contributed by atoms with van der Waals surface area (Å²) in [5.41, 5.74) is 0.934. The summed E-state index contributed by atoms with van der Waals surface area (Å²) >= 11 is 0. The summed E-state index contributed by atoms with van der Waals surface area (Å²) < 4.78 is 2.50. The summed E-state index contributed by atoms with van der Waals surface area (Å²) in [7, 11) is 0. The minimum absolute atomic E-state index is 0.0798. The Balaban J connectivity index is 2.06. The first-order valence-corrected chi connectivity index (χ1v) is 5.78. The van der Waals surface area contributed by atoms with Crippen molar-refractivity contribution >= 4 is 22.4 Å². The molecule has 0 bridgehead atoms. The highest BCUT2D eigenvalue weighted by molar-refractivity contribution is 5.88. The average Bonchev–Trinajstić information content (AvgIpc) is 3.12. The summed E-state index contributed by atoms with van der Waals surface area (Å²) in [6.07, 6.45) is 1.49. The molecule has 4 rings (SSSR count). The van der Waals surface area contributed by atoms with Crippen LogP contribution in [0.3, 0.4) is 0 Å². The molecule has 3 aromatic heterocycles. The number of nitro groups is 1. The van der Waals surface area contributed by atoms with Gasteiger partial charge in [0.25, 0.3) is 5.69 Å². The lowest BCUT2D eigenvalue weighted by Crippen LogP contribution is -2.04. The monoisotopic (exact) mass is 283 g/mol. The van der Waals surface area contributed by atoms with Crippen LogP contribution < -0.4 is 0 Å². The molecule has 0 radical (unpaired) electrons. The summed E-state index contributed by atoms with van der Waals surface area (Å²) in [6, 6.07) is 6.24. The number of nitrogens with zero attached hydrogens (tertiary/aromatic N) is 9. The van der Waals surface area contributed by atoms with E-state index in [0.29, 0.717) is 22.4 Å². The van der Waals surface area contributed by atoms with Crippen LogP contribution in [0.5, 0.6) is 0 Å². The quantitative estimate of drug-likeness (QED) is 0.375. The maximum atomic E-state index is 11.1. The maximum Gasteiger partial charge on any atom is 0.294 e. The van der Waals surface area contributed by atoms with Crippen molar-refractivity contribution in [1.29, 1.82) is 0 Å². The zero-order valence-electron chi connectivity index (χ0n) is 10.2. The normalized spacial score (nSPS) is 11.2. The van der Waals surface area contributed by atoms with E-state index in [1.54, 1.807) is 18.2 Å². The van der Waals surface area contributed by atoms with Crippen molar-refractivity contribution in [3.05, 3.63) is 40.6 Å². The minimum atomic E-state index is -0.479. The molecule has 0 saturated carbocycles. The van der Waals surface area contributed by atoms with E-state index >= 15 is 0 Å². The predicted octanol–water partition coefficient (Wildman–Crippen LogP) is 0.161. The number of tetrazole rings is 1. The number of benzene rings is 1. The zero-order valence-corrected chi connectivity index (χ0v) is 10.2. The van der Waals surface area contributed by atoms with Crippen LogP contribution in [0, 0.1) is 10.1 Å². The fourth-order valence-corrected chi connectivity index (χ4v) is 2.06. The van der Waals surface area contributed by atoms with E-state index in [0.717, 1.165) is 4.63 Å².